The maximum Gasteiger partial charge on any atom is 0.304 e. The number of benzene rings is 1. The Morgan fingerprint density at radius 1 is 1.29 bits per heavy atom. The molecule has 0 spiro atoms. The van der Waals surface area contributed by atoms with Crippen LogP contribution in [0.1, 0.15) is 48.4 Å². The molecule has 184 valence electrons. The Balaban J connectivity index is 1.31. The third-order valence-electron chi connectivity index (χ3n) is 6.92. The normalized spacial score (nSPS) is 18.8. The number of likely N-dealkylation sites (tertiary alicyclic amines) is 1. The zero-order valence-corrected chi connectivity index (χ0v) is 20.2. The van der Waals surface area contributed by atoms with Gasteiger partial charge in [-0.3, -0.25) is 4.79 Å². The van der Waals surface area contributed by atoms with Gasteiger partial charge < -0.3 is 24.8 Å². The first-order chi connectivity index (χ1) is 16.6. The van der Waals surface area contributed by atoms with Gasteiger partial charge in [0.15, 0.2) is 0 Å². The number of anilines is 1. The minimum absolute atomic E-state index is 0.0596. The molecule has 1 fully saturated rings. The Labute approximate surface area is 202 Å². The summed E-state index contributed by atoms with van der Waals surface area (Å²) in [6.07, 6.45) is 5.69. The molecule has 2 aliphatic heterocycles. The molecule has 0 aliphatic carbocycles. The number of hydrogen-bond acceptors (Lipinski definition) is 6. The number of pyridine rings is 1. The summed E-state index contributed by atoms with van der Waals surface area (Å²) >= 11 is 0. The molecule has 34 heavy (non-hydrogen) atoms. The maximum absolute atomic E-state index is 11.6. The summed E-state index contributed by atoms with van der Waals surface area (Å²) in [5.74, 6) is 1.63. The number of nitrogens with zero attached hydrogens (tertiary/aromatic N) is 2. The Morgan fingerprint density at radius 2 is 2.21 bits per heavy atom. The van der Waals surface area contributed by atoms with Gasteiger partial charge in [0.05, 0.1) is 13.0 Å². The number of rotatable bonds is 12. The summed E-state index contributed by atoms with van der Waals surface area (Å²) in [7, 11) is 1.65. The third kappa shape index (κ3) is 6.93. The highest BCUT2D eigenvalue weighted by Crippen LogP contribution is 2.29. The van der Waals surface area contributed by atoms with E-state index in [0.29, 0.717) is 19.1 Å². The highest BCUT2D eigenvalue weighted by atomic mass is 16.5. The molecule has 1 unspecified atom stereocenters. The zero-order chi connectivity index (χ0) is 23.8. The minimum Gasteiger partial charge on any atom is -0.491 e. The summed E-state index contributed by atoms with van der Waals surface area (Å²) in [5.41, 5.74) is 3.52. The molecule has 7 nitrogen and oxygen atoms in total. The fraction of sp³-hybridized carbons (Fsp3) is 0.556. The third-order valence-corrected chi connectivity index (χ3v) is 6.92. The fourth-order valence-corrected chi connectivity index (χ4v) is 5.09. The molecule has 1 aromatic carbocycles. The van der Waals surface area contributed by atoms with Crippen molar-refractivity contribution in [2.45, 2.75) is 44.4 Å². The molecule has 2 aliphatic rings. The summed E-state index contributed by atoms with van der Waals surface area (Å²) in [4.78, 5) is 18.9. The molecule has 0 saturated carbocycles. The molecule has 1 saturated heterocycles. The van der Waals surface area contributed by atoms with Crippen LogP contribution in [0.25, 0.3) is 0 Å². The second kappa shape index (κ2) is 12.2. The van der Waals surface area contributed by atoms with E-state index in [9.17, 15) is 9.90 Å². The van der Waals surface area contributed by atoms with E-state index >= 15 is 0 Å². The van der Waals surface area contributed by atoms with Crippen LogP contribution in [0.5, 0.6) is 5.75 Å². The first kappa shape index (κ1) is 24.5. The van der Waals surface area contributed by atoms with Crippen LogP contribution >= 0.6 is 0 Å². The fourth-order valence-electron chi connectivity index (χ4n) is 5.09. The van der Waals surface area contributed by atoms with E-state index in [2.05, 4.69) is 22.3 Å². The minimum atomic E-state index is -0.765. The Kier molecular flexibility index (Phi) is 8.77. The van der Waals surface area contributed by atoms with Crippen LogP contribution in [-0.2, 0) is 22.4 Å². The van der Waals surface area contributed by atoms with Gasteiger partial charge in [-0.15, -0.1) is 0 Å². The number of fused-ring (bicyclic) bond motifs is 1. The number of carbonyl (C=O) groups is 1. The maximum atomic E-state index is 11.6. The average molecular weight is 468 g/mol. The lowest BCUT2D eigenvalue weighted by atomic mass is 9.94. The molecule has 3 heterocycles. The molecule has 0 amide bonds. The molecular formula is C27H37N3O4. The highest BCUT2D eigenvalue weighted by Gasteiger charge is 2.27. The molecule has 4 rings (SSSR count). The van der Waals surface area contributed by atoms with Crippen molar-refractivity contribution in [3.8, 4) is 5.75 Å². The van der Waals surface area contributed by atoms with Crippen molar-refractivity contribution < 1.29 is 19.4 Å². The van der Waals surface area contributed by atoms with Gasteiger partial charge in [0.1, 0.15) is 18.2 Å². The van der Waals surface area contributed by atoms with E-state index in [-0.39, 0.29) is 12.3 Å². The van der Waals surface area contributed by atoms with Crippen molar-refractivity contribution in [3.63, 3.8) is 0 Å². The molecule has 2 aromatic rings. The van der Waals surface area contributed by atoms with Crippen molar-refractivity contribution in [2.24, 2.45) is 5.92 Å². The second-order valence-electron chi connectivity index (χ2n) is 9.50. The summed E-state index contributed by atoms with van der Waals surface area (Å²) in [6.45, 7) is 4.81. The number of hydrogen-bond donors (Lipinski definition) is 2. The van der Waals surface area contributed by atoms with Gasteiger partial charge in [-0.25, -0.2) is 4.98 Å². The molecule has 2 atom stereocenters. The lowest BCUT2D eigenvalue weighted by molar-refractivity contribution is -0.137. The van der Waals surface area contributed by atoms with Gasteiger partial charge in [-0.1, -0.05) is 18.2 Å². The quantitative estimate of drug-likeness (QED) is 0.457. The molecule has 0 radical (unpaired) electrons. The van der Waals surface area contributed by atoms with Gasteiger partial charge in [0.2, 0.25) is 0 Å². The van der Waals surface area contributed by atoms with Crippen LogP contribution in [-0.4, -0.2) is 67.5 Å². The monoisotopic (exact) mass is 467 g/mol. The standard InChI is InChI=1S/C27H37N3O4/c1-33-14-15-34-25-6-2-4-22(16-25)23(17-26(31)32)19-30-13-11-20(18-30)7-9-24-10-8-21-5-3-12-28-27(21)29-24/h2,4,6,8,10,16,20,23H,3,5,7,9,11-15,17-19H2,1H3,(H,28,29)(H,31,32)/t20?,23-/m0/s1. The molecule has 7 heteroatoms. The first-order valence-electron chi connectivity index (χ1n) is 12.5. The SMILES string of the molecule is COCCOc1cccc([C@@H](CC(=O)O)CN2CCC(CCc3ccc4c(n3)NCCC4)C2)c1. The Morgan fingerprint density at radius 3 is 3.06 bits per heavy atom. The Hall–Kier alpha value is -2.64. The molecule has 0 bridgehead atoms. The van der Waals surface area contributed by atoms with Crippen molar-refractivity contribution in [3.05, 3.63) is 53.2 Å². The topological polar surface area (TPSA) is 83.9 Å². The van der Waals surface area contributed by atoms with Gasteiger partial charge in [-0.2, -0.15) is 0 Å². The summed E-state index contributed by atoms with van der Waals surface area (Å²) in [5, 5.41) is 13.0. The van der Waals surface area contributed by atoms with Crippen LogP contribution in [0.15, 0.2) is 36.4 Å². The number of aromatic nitrogens is 1. The first-order valence-corrected chi connectivity index (χ1v) is 12.5. The van der Waals surface area contributed by atoms with Crippen LogP contribution in [0.4, 0.5) is 5.82 Å². The summed E-state index contributed by atoms with van der Waals surface area (Å²) < 4.78 is 10.8. The van der Waals surface area contributed by atoms with Crippen molar-refractivity contribution >= 4 is 11.8 Å². The largest absolute Gasteiger partial charge is 0.491 e. The molecule has 2 N–H and O–H groups in total. The predicted octanol–water partition coefficient (Wildman–Crippen LogP) is 3.98. The predicted molar refractivity (Wildman–Crippen MR) is 133 cm³/mol. The number of ether oxygens (including phenoxy) is 2. The van der Waals surface area contributed by atoms with Crippen molar-refractivity contribution in [1.82, 2.24) is 9.88 Å². The number of aliphatic carboxylic acids is 1. The Bertz CT molecular complexity index is 951. The second-order valence-corrected chi connectivity index (χ2v) is 9.50. The summed E-state index contributed by atoms with van der Waals surface area (Å²) in [6, 6.07) is 12.3. The van der Waals surface area contributed by atoms with Crippen LogP contribution in [0, 0.1) is 5.92 Å². The van der Waals surface area contributed by atoms with Gasteiger partial charge >= 0.3 is 5.97 Å². The zero-order valence-electron chi connectivity index (χ0n) is 20.2. The van der Waals surface area contributed by atoms with E-state index in [1.807, 2.05) is 24.3 Å². The van der Waals surface area contributed by atoms with Crippen LogP contribution < -0.4 is 10.1 Å². The van der Waals surface area contributed by atoms with E-state index in [4.69, 9.17) is 14.5 Å². The van der Waals surface area contributed by atoms with Gasteiger partial charge in [0.25, 0.3) is 0 Å². The smallest absolute Gasteiger partial charge is 0.304 e. The average Bonchev–Trinajstić information content (AvgIpc) is 3.30. The van der Waals surface area contributed by atoms with E-state index in [0.717, 1.165) is 69.0 Å². The van der Waals surface area contributed by atoms with E-state index < -0.39 is 5.97 Å². The van der Waals surface area contributed by atoms with Gasteiger partial charge in [-0.05, 0) is 73.9 Å². The van der Waals surface area contributed by atoms with E-state index in [1.54, 1.807) is 7.11 Å². The number of nitrogens with one attached hydrogen (secondary N) is 1. The number of aryl methyl sites for hydroxylation is 2. The molecule has 1 aromatic heterocycles. The van der Waals surface area contributed by atoms with Crippen molar-refractivity contribution in [2.75, 3.05) is 51.8 Å². The van der Waals surface area contributed by atoms with Crippen LogP contribution in [0.2, 0.25) is 0 Å². The number of carboxylic acid groups (broad SMARTS) is 1. The van der Waals surface area contributed by atoms with Gasteiger partial charge in [0, 0.05) is 38.4 Å². The lowest BCUT2D eigenvalue weighted by Crippen LogP contribution is -2.28. The van der Waals surface area contributed by atoms with Crippen LogP contribution in [0.3, 0.4) is 0 Å². The van der Waals surface area contributed by atoms with Crippen molar-refractivity contribution in [1.29, 1.82) is 0 Å². The number of methoxy groups -OCH3 is 1. The lowest BCUT2D eigenvalue weighted by Gasteiger charge is -2.24. The molecular weight excluding hydrogens is 430 g/mol. The number of carboxylic acids is 1. The van der Waals surface area contributed by atoms with E-state index in [1.165, 1.54) is 17.7 Å². The highest BCUT2D eigenvalue weighted by molar-refractivity contribution is 5.68.